The number of hydrogen-bond acceptors (Lipinski definition) is 2. The van der Waals surface area contributed by atoms with Crippen LogP contribution in [0.5, 0.6) is 0 Å². The predicted molar refractivity (Wildman–Crippen MR) is 129 cm³/mol. The first kappa shape index (κ1) is 23.0. The van der Waals surface area contributed by atoms with Gasteiger partial charge in [0.2, 0.25) is 10.0 Å². The Morgan fingerprint density at radius 1 is 1.07 bits per heavy atom. The largest absolute Gasteiger partial charge is 0.243 e. The second-order valence-corrected chi connectivity index (χ2v) is 15.5. The van der Waals surface area contributed by atoms with Crippen molar-refractivity contribution in [3.8, 4) is 0 Å². The van der Waals surface area contributed by atoms with E-state index in [1.54, 1.807) is 21.6 Å². The average Bonchev–Trinajstić information content (AvgIpc) is 3.11. The van der Waals surface area contributed by atoms with Gasteiger partial charge in [0.05, 0.1) is 4.90 Å². The normalized spacial score (nSPS) is 19.8. The third kappa shape index (κ3) is 4.63. The molecule has 2 aromatic carbocycles. The van der Waals surface area contributed by atoms with E-state index in [-0.39, 0.29) is 5.92 Å². The number of nitrogens with zero attached hydrogens (tertiary/aromatic N) is 1. The van der Waals surface area contributed by atoms with Gasteiger partial charge in [0.15, 0.2) is 0 Å². The monoisotopic (exact) mass is 441 g/mol. The summed E-state index contributed by atoms with van der Waals surface area (Å²) in [7, 11) is -5.34. The Kier molecular flexibility index (Phi) is 7.05. The van der Waals surface area contributed by atoms with Gasteiger partial charge in [-0.15, -0.1) is 0 Å². The molecule has 0 aliphatic carbocycles. The molecule has 0 bridgehead atoms. The van der Waals surface area contributed by atoms with E-state index in [4.69, 9.17) is 0 Å². The Hall–Kier alpha value is -1.69. The molecule has 0 saturated carbocycles. The third-order valence-corrected chi connectivity index (χ3v) is 12.2. The lowest BCUT2D eigenvalue weighted by Crippen LogP contribution is -2.45. The molecule has 162 valence electrons. The highest BCUT2D eigenvalue weighted by Crippen LogP contribution is 2.35. The van der Waals surface area contributed by atoms with Crippen molar-refractivity contribution >= 4 is 23.3 Å². The molecule has 0 N–H and O–H groups in total. The van der Waals surface area contributed by atoms with Crippen molar-refractivity contribution in [3.63, 3.8) is 0 Å². The number of aryl methyl sites for hydroxylation is 1. The number of rotatable bonds is 7. The molecule has 1 aliphatic rings. The van der Waals surface area contributed by atoms with E-state index in [2.05, 4.69) is 57.3 Å². The smallest absolute Gasteiger partial charge is 0.207 e. The predicted octanol–water partition coefficient (Wildman–Crippen LogP) is 5.28. The molecular formula is C25H35NO2SSi. The maximum Gasteiger partial charge on any atom is 0.243 e. The van der Waals surface area contributed by atoms with Crippen molar-refractivity contribution in [2.75, 3.05) is 13.1 Å². The molecule has 1 aliphatic heterocycles. The van der Waals surface area contributed by atoms with Crippen LogP contribution in [0.15, 0.2) is 70.3 Å². The summed E-state index contributed by atoms with van der Waals surface area (Å²) in [5.41, 5.74) is 2.43. The minimum Gasteiger partial charge on any atom is -0.207 e. The van der Waals surface area contributed by atoms with Gasteiger partial charge in [-0.05, 0) is 31.4 Å². The van der Waals surface area contributed by atoms with Crippen molar-refractivity contribution in [3.05, 3.63) is 70.9 Å². The van der Waals surface area contributed by atoms with Crippen molar-refractivity contribution in [1.29, 1.82) is 0 Å². The van der Waals surface area contributed by atoms with Gasteiger partial charge in [0, 0.05) is 13.1 Å². The summed E-state index contributed by atoms with van der Waals surface area (Å²) in [5.74, 6) is 0.257. The van der Waals surface area contributed by atoms with Gasteiger partial charge in [-0.2, -0.15) is 4.31 Å². The number of allylic oxidation sites excluding steroid dienone is 1. The van der Waals surface area contributed by atoms with Crippen LogP contribution in [0.3, 0.4) is 0 Å². The lowest BCUT2D eigenvalue weighted by Gasteiger charge is -2.30. The third-order valence-electron chi connectivity index (χ3n) is 6.50. The summed E-state index contributed by atoms with van der Waals surface area (Å²) in [4.78, 5) is 0.399. The van der Waals surface area contributed by atoms with Crippen molar-refractivity contribution in [2.24, 2.45) is 5.92 Å². The van der Waals surface area contributed by atoms with Crippen LogP contribution in [0.25, 0.3) is 0 Å². The van der Waals surface area contributed by atoms with Crippen LogP contribution in [0.2, 0.25) is 13.1 Å². The average molecular weight is 442 g/mol. The molecule has 0 aromatic heterocycles. The maximum absolute atomic E-state index is 13.3. The second-order valence-electron chi connectivity index (χ2n) is 9.11. The Morgan fingerprint density at radius 3 is 2.30 bits per heavy atom. The van der Waals surface area contributed by atoms with Crippen LogP contribution in [0.1, 0.15) is 38.7 Å². The second kappa shape index (κ2) is 9.21. The Bertz CT molecular complexity index is 995. The first-order valence-electron chi connectivity index (χ1n) is 11.0. The SMILES string of the molecule is CCCC/C(=C1\CN(S(=O)(=O)c2ccc(C)cc2)CC1C)[Si](C)(C)c1ccccc1. The van der Waals surface area contributed by atoms with E-state index in [1.165, 1.54) is 10.8 Å². The minimum absolute atomic E-state index is 0.257. The van der Waals surface area contributed by atoms with Crippen LogP contribution >= 0.6 is 0 Å². The molecule has 5 heteroatoms. The molecule has 1 fully saturated rings. The van der Waals surface area contributed by atoms with Crippen LogP contribution < -0.4 is 5.19 Å². The Labute approximate surface area is 183 Å². The maximum atomic E-state index is 13.3. The molecule has 0 amide bonds. The number of benzene rings is 2. The zero-order valence-electron chi connectivity index (χ0n) is 19.0. The highest BCUT2D eigenvalue weighted by atomic mass is 32.2. The van der Waals surface area contributed by atoms with Gasteiger partial charge in [-0.1, -0.05) is 104 Å². The molecule has 0 spiro atoms. The van der Waals surface area contributed by atoms with Gasteiger partial charge in [-0.25, -0.2) is 8.42 Å². The molecule has 3 nitrogen and oxygen atoms in total. The summed E-state index contributed by atoms with van der Waals surface area (Å²) < 4.78 is 28.3. The minimum atomic E-state index is -3.47. The topological polar surface area (TPSA) is 37.4 Å². The van der Waals surface area contributed by atoms with E-state index >= 15 is 0 Å². The van der Waals surface area contributed by atoms with E-state index in [0.717, 1.165) is 24.8 Å². The van der Waals surface area contributed by atoms with Gasteiger partial charge in [0.1, 0.15) is 8.07 Å². The molecule has 3 rings (SSSR count). The van der Waals surface area contributed by atoms with Gasteiger partial charge in [-0.3, -0.25) is 0 Å². The highest BCUT2D eigenvalue weighted by molar-refractivity contribution is 7.89. The van der Waals surface area contributed by atoms with Crippen molar-refractivity contribution < 1.29 is 8.42 Å². The fourth-order valence-electron chi connectivity index (χ4n) is 4.52. The molecule has 30 heavy (non-hydrogen) atoms. The summed E-state index contributed by atoms with van der Waals surface area (Å²) in [6.07, 6.45) is 3.37. The van der Waals surface area contributed by atoms with Crippen LogP contribution in [0, 0.1) is 12.8 Å². The van der Waals surface area contributed by atoms with E-state index < -0.39 is 18.1 Å². The quantitative estimate of drug-likeness (QED) is 0.548. The first-order chi connectivity index (χ1) is 14.2. The van der Waals surface area contributed by atoms with Crippen LogP contribution in [0.4, 0.5) is 0 Å². The van der Waals surface area contributed by atoms with Gasteiger partial charge >= 0.3 is 0 Å². The fraction of sp³-hybridized carbons (Fsp3) is 0.440. The molecule has 1 saturated heterocycles. The van der Waals surface area contributed by atoms with Crippen molar-refractivity contribution in [1.82, 2.24) is 4.31 Å². The van der Waals surface area contributed by atoms with E-state index in [1.807, 2.05) is 19.1 Å². The number of unbranched alkanes of at least 4 members (excludes halogenated alkanes) is 1. The molecule has 0 radical (unpaired) electrons. The molecule has 1 unspecified atom stereocenters. The lowest BCUT2D eigenvalue weighted by atomic mass is 10.0. The molecule has 2 aromatic rings. The van der Waals surface area contributed by atoms with E-state index in [0.29, 0.717) is 18.0 Å². The number of hydrogen-bond donors (Lipinski definition) is 0. The van der Waals surface area contributed by atoms with E-state index in [9.17, 15) is 8.42 Å². The van der Waals surface area contributed by atoms with Crippen LogP contribution in [-0.4, -0.2) is 33.9 Å². The first-order valence-corrected chi connectivity index (χ1v) is 15.5. The number of sulfonamides is 1. The summed E-state index contributed by atoms with van der Waals surface area (Å²) in [6.45, 7) is 12.3. The zero-order chi connectivity index (χ0) is 21.9. The van der Waals surface area contributed by atoms with Crippen LogP contribution in [-0.2, 0) is 10.0 Å². The Balaban J connectivity index is 2.00. The lowest BCUT2D eigenvalue weighted by molar-refractivity contribution is 0.464. The summed E-state index contributed by atoms with van der Waals surface area (Å²) in [5, 5.41) is 2.97. The Morgan fingerprint density at radius 2 is 1.70 bits per heavy atom. The van der Waals surface area contributed by atoms with Gasteiger partial charge < -0.3 is 0 Å². The fourth-order valence-corrected chi connectivity index (χ4v) is 9.33. The zero-order valence-corrected chi connectivity index (χ0v) is 20.8. The highest BCUT2D eigenvalue weighted by Gasteiger charge is 2.39. The van der Waals surface area contributed by atoms with Gasteiger partial charge in [0.25, 0.3) is 0 Å². The van der Waals surface area contributed by atoms with Crippen molar-refractivity contribution in [2.45, 2.75) is 58.0 Å². The molecule has 1 heterocycles. The summed E-state index contributed by atoms with van der Waals surface area (Å²) in [6, 6.07) is 18.0. The molecular weight excluding hydrogens is 406 g/mol. The summed E-state index contributed by atoms with van der Waals surface area (Å²) >= 11 is 0. The standard InChI is InChI=1S/C25H35NO2SSi/c1-6-7-13-25(30(4,5)23-11-9-8-10-12-23)24-19-26(18-21(24)3)29(27,28)22-16-14-20(2)15-17-22/h8-12,14-17,21H,6-7,13,18-19H2,1-5H3/b25-24-. The molecule has 1 atom stereocenters.